The first-order chi connectivity index (χ1) is 15.1. The van der Waals surface area contributed by atoms with Crippen LogP contribution in [0.2, 0.25) is 0 Å². The number of halogens is 3. The molecule has 1 fully saturated rings. The minimum atomic E-state index is -4.91. The molecule has 2 atom stereocenters. The van der Waals surface area contributed by atoms with Crippen molar-refractivity contribution in [3.8, 4) is 6.07 Å². The van der Waals surface area contributed by atoms with Gasteiger partial charge in [0.05, 0.1) is 17.0 Å². The maximum atomic E-state index is 13.8. The topological polar surface area (TPSA) is 92.7 Å². The smallest absolute Gasteiger partial charge is 0.434 e. The molecule has 0 amide bonds. The molecule has 1 aromatic carbocycles. The van der Waals surface area contributed by atoms with Crippen LogP contribution in [-0.2, 0) is 9.53 Å². The second kappa shape index (κ2) is 7.93. The van der Waals surface area contributed by atoms with Gasteiger partial charge in [-0.1, -0.05) is 12.1 Å². The van der Waals surface area contributed by atoms with Gasteiger partial charge in [0.15, 0.2) is 11.1 Å². The third kappa shape index (κ3) is 3.70. The molecular formula is C23H19F3N2O4. The number of nitrogens with zero attached hydrogens (tertiary/aromatic N) is 2. The Hall–Kier alpha value is -3.41. The van der Waals surface area contributed by atoms with Gasteiger partial charge in [0.1, 0.15) is 23.4 Å². The van der Waals surface area contributed by atoms with Crippen LogP contribution in [0.3, 0.4) is 0 Å². The molecule has 1 aromatic heterocycles. The summed E-state index contributed by atoms with van der Waals surface area (Å²) in [6.45, 7) is 2.85. The lowest BCUT2D eigenvalue weighted by molar-refractivity contribution is -0.156. The molecular weight excluding hydrogens is 425 g/mol. The highest BCUT2D eigenvalue weighted by Gasteiger charge is 2.48. The molecule has 0 spiro atoms. The number of carbonyl (C=O) groups excluding carboxylic acids is 1. The summed E-state index contributed by atoms with van der Waals surface area (Å²) in [7, 11) is 0. The predicted octanol–water partition coefficient (Wildman–Crippen LogP) is 4.71. The Morgan fingerprint density at radius 2 is 2.00 bits per heavy atom. The standard InChI is InChI=1S/C23H19F3N2O4/c1-11-9-17(29)14-7-4-8-15(20(14)31-11)19-16(10-27)21(23(24,25)26)28-12(2)18(19)22(30)32-13-5-3-6-13/h4,7-9,13,18-19H,3,5-6H2,1-2H3. The highest BCUT2D eigenvalue weighted by Crippen LogP contribution is 2.45. The molecule has 32 heavy (non-hydrogen) atoms. The van der Waals surface area contributed by atoms with E-state index in [-0.39, 0.29) is 39.5 Å². The van der Waals surface area contributed by atoms with Gasteiger partial charge in [-0.15, -0.1) is 0 Å². The van der Waals surface area contributed by atoms with Crippen LogP contribution in [0.15, 0.2) is 49.7 Å². The Morgan fingerprint density at radius 3 is 2.59 bits per heavy atom. The van der Waals surface area contributed by atoms with Crippen LogP contribution in [0.4, 0.5) is 13.2 Å². The monoisotopic (exact) mass is 444 g/mol. The molecule has 166 valence electrons. The molecule has 2 heterocycles. The molecule has 2 unspecified atom stereocenters. The van der Waals surface area contributed by atoms with Gasteiger partial charge in [-0.05, 0) is 39.2 Å². The lowest BCUT2D eigenvalue weighted by Gasteiger charge is -2.33. The lowest BCUT2D eigenvalue weighted by Crippen LogP contribution is -2.39. The van der Waals surface area contributed by atoms with Crippen molar-refractivity contribution in [1.29, 1.82) is 5.26 Å². The van der Waals surface area contributed by atoms with Crippen LogP contribution < -0.4 is 5.43 Å². The number of alkyl halides is 3. The molecule has 6 nitrogen and oxygen atoms in total. The molecule has 4 rings (SSSR count). The van der Waals surface area contributed by atoms with Crippen molar-refractivity contribution < 1.29 is 27.1 Å². The molecule has 0 radical (unpaired) electrons. The van der Waals surface area contributed by atoms with E-state index in [4.69, 9.17) is 9.15 Å². The number of allylic oxidation sites excluding steroid dienone is 2. The first-order valence-electron chi connectivity index (χ1n) is 10.1. The van der Waals surface area contributed by atoms with Gasteiger partial charge in [0.25, 0.3) is 0 Å². The quantitative estimate of drug-likeness (QED) is 0.639. The number of aliphatic imine (C=N–C) groups is 1. The zero-order valence-corrected chi connectivity index (χ0v) is 17.3. The Bertz CT molecular complexity index is 1260. The largest absolute Gasteiger partial charge is 0.462 e. The average Bonchev–Trinajstić information content (AvgIpc) is 2.68. The van der Waals surface area contributed by atoms with E-state index in [1.54, 1.807) is 6.07 Å². The van der Waals surface area contributed by atoms with E-state index in [2.05, 4.69) is 4.99 Å². The molecule has 1 aliphatic carbocycles. The number of rotatable bonds is 3. The maximum Gasteiger partial charge on any atom is 0.434 e. The summed E-state index contributed by atoms with van der Waals surface area (Å²) >= 11 is 0. The van der Waals surface area contributed by atoms with Crippen molar-refractivity contribution in [1.82, 2.24) is 0 Å². The highest BCUT2D eigenvalue weighted by molar-refractivity contribution is 6.04. The second-order valence-corrected chi connectivity index (χ2v) is 8.02. The fourth-order valence-corrected chi connectivity index (χ4v) is 4.13. The summed E-state index contributed by atoms with van der Waals surface area (Å²) < 4.78 is 52.5. The van der Waals surface area contributed by atoms with Crippen molar-refractivity contribution in [3.63, 3.8) is 0 Å². The second-order valence-electron chi connectivity index (χ2n) is 8.02. The normalized spacial score (nSPS) is 21.7. The van der Waals surface area contributed by atoms with E-state index in [9.17, 15) is 28.0 Å². The Morgan fingerprint density at radius 1 is 1.28 bits per heavy atom. The minimum absolute atomic E-state index is 0.0351. The van der Waals surface area contributed by atoms with E-state index in [0.717, 1.165) is 6.42 Å². The van der Waals surface area contributed by atoms with Gasteiger partial charge in [-0.2, -0.15) is 18.4 Å². The van der Waals surface area contributed by atoms with Gasteiger partial charge in [0.2, 0.25) is 0 Å². The summed E-state index contributed by atoms with van der Waals surface area (Å²) in [6.07, 6.45) is -2.96. The summed E-state index contributed by atoms with van der Waals surface area (Å²) in [5.41, 5.74) is -2.39. The van der Waals surface area contributed by atoms with Crippen molar-refractivity contribution >= 4 is 22.7 Å². The van der Waals surface area contributed by atoms with Gasteiger partial charge >= 0.3 is 12.1 Å². The third-order valence-corrected chi connectivity index (χ3v) is 5.86. The van der Waals surface area contributed by atoms with Crippen LogP contribution >= 0.6 is 0 Å². The summed E-state index contributed by atoms with van der Waals surface area (Å²) in [5, 5.41) is 9.88. The van der Waals surface area contributed by atoms with E-state index < -0.39 is 35.3 Å². The first-order valence-corrected chi connectivity index (χ1v) is 10.1. The predicted molar refractivity (Wildman–Crippen MR) is 109 cm³/mol. The Balaban J connectivity index is 1.97. The number of ether oxygens (including phenoxy) is 1. The summed E-state index contributed by atoms with van der Waals surface area (Å²) in [5.74, 6) is -3.12. The number of benzene rings is 1. The number of fused-ring (bicyclic) bond motifs is 1. The van der Waals surface area contributed by atoms with E-state index in [1.165, 1.54) is 38.1 Å². The van der Waals surface area contributed by atoms with E-state index >= 15 is 0 Å². The molecule has 1 saturated carbocycles. The number of nitriles is 1. The molecule has 2 aromatic rings. The number of aryl methyl sites for hydroxylation is 1. The lowest BCUT2D eigenvalue weighted by atomic mass is 9.75. The molecule has 1 aliphatic heterocycles. The van der Waals surface area contributed by atoms with Gasteiger partial charge in [-0.3, -0.25) is 14.6 Å². The van der Waals surface area contributed by atoms with Crippen LogP contribution in [0.25, 0.3) is 11.0 Å². The summed E-state index contributed by atoms with van der Waals surface area (Å²) in [6, 6.07) is 7.31. The number of para-hydroxylation sites is 1. The Labute approximate surface area is 181 Å². The van der Waals surface area contributed by atoms with Crippen LogP contribution in [-0.4, -0.2) is 24.0 Å². The van der Waals surface area contributed by atoms with Gasteiger partial charge < -0.3 is 9.15 Å². The SMILES string of the molecule is CC1=NC(C(F)(F)F)=C(C#N)C(c2cccc3c(=O)cc(C)oc23)C1C(=O)OC1CCC1. The van der Waals surface area contributed by atoms with Crippen LogP contribution in [0, 0.1) is 24.2 Å². The molecule has 0 N–H and O–H groups in total. The maximum absolute atomic E-state index is 13.8. The molecule has 0 saturated heterocycles. The highest BCUT2D eigenvalue weighted by atomic mass is 19.4. The summed E-state index contributed by atoms with van der Waals surface area (Å²) in [4.78, 5) is 29.1. The number of carbonyl (C=O) groups is 1. The van der Waals surface area contributed by atoms with Gasteiger partial charge in [0, 0.05) is 23.3 Å². The molecule has 2 aliphatic rings. The zero-order chi connectivity index (χ0) is 23.2. The van der Waals surface area contributed by atoms with E-state index in [0.29, 0.717) is 12.8 Å². The number of hydrogen-bond donors (Lipinski definition) is 0. The minimum Gasteiger partial charge on any atom is -0.462 e. The third-order valence-electron chi connectivity index (χ3n) is 5.86. The van der Waals surface area contributed by atoms with Crippen molar-refractivity contribution in [2.24, 2.45) is 10.9 Å². The first kappa shape index (κ1) is 21.8. The van der Waals surface area contributed by atoms with Crippen LogP contribution in [0.5, 0.6) is 0 Å². The van der Waals surface area contributed by atoms with Crippen molar-refractivity contribution in [2.45, 2.75) is 51.3 Å². The Kier molecular flexibility index (Phi) is 5.41. The van der Waals surface area contributed by atoms with Crippen molar-refractivity contribution in [3.05, 3.63) is 57.1 Å². The van der Waals surface area contributed by atoms with E-state index in [1.807, 2.05) is 0 Å². The van der Waals surface area contributed by atoms with Gasteiger partial charge in [-0.25, -0.2) is 0 Å². The molecule has 9 heteroatoms. The zero-order valence-electron chi connectivity index (χ0n) is 17.3. The van der Waals surface area contributed by atoms with Crippen LogP contribution in [0.1, 0.15) is 43.4 Å². The molecule has 0 bridgehead atoms. The average molecular weight is 444 g/mol. The fraction of sp³-hybridized carbons (Fsp3) is 0.391. The van der Waals surface area contributed by atoms with Crippen molar-refractivity contribution in [2.75, 3.05) is 0 Å². The number of hydrogen-bond acceptors (Lipinski definition) is 6. The number of esters is 1. The fourth-order valence-electron chi connectivity index (χ4n) is 4.13.